The third kappa shape index (κ3) is 4.26. The van der Waals surface area contributed by atoms with Crippen LogP contribution in [0.3, 0.4) is 0 Å². The number of halogens is 3. The number of carbonyl (C=O) groups excluding carboxylic acids is 2. The van der Waals surface area contributed by atoms with E-state index in [2.05, 4.69) is 11.7 Å². The van der Waals surface area contributed by atoms with E-state index in [0.717, 1.165) is 12.8 Å². The minimum atomic E-state index is -4.74. The summed E-state index contributed by atoms with van der Waals surface area (Å²) in [5.41, 5.74) is 0. The van der Waals surface area contributed by atoms with Gasteiger partial charge in [-0.25, -0.2) is 14.5 Å². The maximum Gasteiger partial charge on any atom is 0.427 e. The molecule has 150 valence electrons. The lowest BCUT2D eigenvalue weighted by Crippen LogP contribution is -2.50. The molecule has 2 rings (SSSR count). The van der Waals surface area contributed by atoms with Crippen molar-refractivity contribution in [2.45, 2.75) is 78.3 Å². The lowest BCUT2D eigenvalue weighted by molar-refractivity contribution is -0.203. The molecule has 0 bridgehead atoms. The van der Waals surface area contributed by atoms with Gasteiger partial charge in [0.25, 0.3) is 0 Å². The third-order valence-electron chi connectivity index (χ3n) is 5.45. The van der Waals surface area contributed by atoms with E-state index in [-0.39, 0.29) is 11.8 Å². The summed E-state index contributed by atoms with van der Waals surface area (Å²) in [5.74, 6) is 0.142. The normalized spacial score (nSPS) is 32.9. The Morgan fingerprint density at radius 2 is 1.81 bits per heavy atom. The number of hydrogen-bond acceptors (Lipinski definition) is 4. The van der Waals surface area contributed by atoms with Crippen LogP contribution in [0.25, 0.3) is 0 Å². The number of rotatable bonds is 3. The zero-order valence-corrected chi connectivity index (χ0v) is 15.9. The zero-order chi connectivity index (χ0) is 19.8. The van der Waals surface area contributed by atoms with E-state index in [1.165, 1.54) is 13.8 Å². The molecule has 1 aliphatic carbocycles. The number of alkyl halides is 3. The Morgan fingerprint density at radius 1 is 1.19 bits per heavy atom. The average Bonchev–Trinajstić information content (AvgIpc) is 2.84. The molecule has 8 heteroatoms. The summed E-state index contributed by atoms with van der Waals surface area (Å²) in [6.45, 7) is 9.15. The molecule has 1 saturated carbocycles. The van der Waals surface area contributed by atoms with Gasteiger partial charge in [-0.05, 0) is 36.5 Å². The van der Waals surface area contributed by atoms with Gasteiger partial charge in [0, 0.05) is 0 Å². The van der Waals surface area contributed by atoms with Gasteiger partial charge in [-0.2, -0.15) is 13.2 Å². The first kappa shape index (κ1) is 20.8. The highest BCUT2D eigenvalue weighted by Gasteiger charge is 2.59. The van der Waals surface area contributed by atoms with Crippen LogP contribution in [0.15, 0.2) is 0 Å². The molecule has 1 heterocycles. The monoisotopic (exact) mass is 379 g/mol. The standard InChI is InChI=1S/C18H28F3NO4/c1-9(2)12-7-6-11(5)8-13(12)25-16(23)22-14(10(3)4)15(18(19,20)21)26-17(22)24/h9-15H,6-8H2,1-5H3/t11-,12?,13-,14+,15?/m1/s1. The van der Waals surface area contributed by atoms with E-state index < -0.39 is 42.5 Å². The smallest absolute Gasteiger partial charge is 0.427 e. The number of ether oxygens (including phenoxy) is 2. The van der Waals surface area contributed by atoms with E-state index in [1.807, 2.05) is 13.8 Å². The maximum absolute atomic E-state index is 13.2. The topological polar surface area (TPSA) is 55.8 Å². The van der Waals surface area contributed by atoms with Gasteiger partial charge < -0.3 is 9.47 Å². The second-order valence-corrected chi connectivity index (χ2v) is 8.20. The van der Waals surface area contributed by atoms with Gasteiger partial charge in [0.15, 0.2) is 0 Å². The molecule has 2 unspecified atom stereocenters. The molecule has 1 saturated heterocycles. The minimum absolute atomic E-state index is 0.129. The summed E-state index contributed by atoms with van der Waals surface area (Å²) < 4.78 is 49.6. The van der Waals surface area contributed by atoms with Crippen molar-refractivity contribution in [3.63, 3.8) is 0 Å². The molecule has 2 fully saturated rings. The minimum Gasteiger partial charge on any atom is -0.445 e. The van der Waals surface area contributed by atoms with Crippen LogP contribution in [0.4, 0.5) is 22.8 Å². The van der Waals surface area contributed by atoms with E-state index in [9.17, 15) is 22.8 Å². The van der Waals surface area contributed by atoms with Crippen LogP contribution in [-0.2, 0) is 9.47 Å². The first-order valence-electron chi connectivity index (χ1n) is 9.20. The lowest BCUT2D eigenvalue weighted by Gasteiger charge is -2.37. The van der Waals surface area contributed by atoms with Crippen LogP contribution in [0.5, 0.6) is 0 Å². The molecule has 2 amide bonds. The highest BCUT2D eigenvalue weighted by Crippen LogP contribution is 2.39. The largest absolute Gasteiger partial charge is 0.445 e. The molecule has 0 aromatic carbocycles. The van der Waals surface area contributed by atoms with Crippen molar-refractivity contribution in [2.75, 3.05) is 0 Å². The van der Waals surface area contributed by atoms with Crippen molar-refractivity contribution in [3.05, 3.63) is 0 Å². The SMILES string of the molecule is CC(C)C1CC[C@@H](C)C[C@H]1OC(=O)N1C(=O)OC(C(F)(F)F)[C@@H]1C(C)C. The van der Waals surface area contributed by atoms with Crippen molar-refractivity contribution in [1.82, 2.24) is 4.90 Å². The van der Waals surface area contributed by atoms with Gasteiger partial charge in [-0.3, -0.25) is 0 Å². The van der Waals surface area contributed by atoms with Crippen molar-refractivity contribution in [2.24, 2.45) is 23.7 Å². The molecule has 2 aliphatic rings. The van der Waals surface area contributed by atoms with Gasteiger partial charge in [0.1, 0.15) is 6.10 Å². The lowest BCUT2D eigenvalue weighted by atomic mass is 9.75. The molecule has 0 aromatic heterocycles. The molecular formula is C18H28F3NO4. The second kappa shape index (κ2) is 7.64. The summed E-state index contributed by atoms with van der Waals surface area (Å²) in [5, 5.41) is 0. The van der Waals surface area contributed by atoms with Crippen molar-refractivity contribution in [3.8, 4) is 0 Å². The van der Waals surface area contributed by atoms with Gasteiger partial charge in [-0.15, -0.1) is 0 Å². The molecule has 5 atom stereocenters. The fourth-order valence-electron chi connectivity index (χ4n) is 4.03. The third-order valence-corrected chi connectivity index (χ3v) is 5.45. The molecular weight excluding hydrogens is 351 g/mol. The van der Waals surface area contributed by atoms with Crippen molar-refractivity contribution < 1.29 is 32.2 Å². The van der Waals surface area contributed by atoms with Gasteiger partial charge in [0.2, 0.25) is 6.10 Å². The van der Waals surface area contributed by atoms with E-state index in [0.29, 0.717) is 17.2 Å². The number of imide groups is 1. The zero-order valence-electron chi connectivity index (χ0n) is 15.9. The van der Waals surface area contributed by atoms with Crippen LogP contribution in [0, 0.1) is 23.7 Å². The second-order valence-electron chi connectivity index (χ2n) is 8.20. The highest BCUT2D eigenvalue weighted by molar-refractivity contribution is 5.90. The molecule has 5 nitrogen and oxygen atoms in total. The van der Waals surface area contributed by atoms with Gasteiger partial charge in [-0.1, -0.05) is 41.0 Å². The quantitative estimate of drug-likeness (QED) is 0.693. The first-order chi connectivity index (χ1) is 11.9. The summed E-state index contributed by atoms with van der Waals surface area (Å²) in [4.78, 5) is 25.1. The number of amides is 2. The van der Waals surface area contributed by atoms with Crippen molar-refractivity contribution >= 4 is 12.2 Å². The summed E-state index contributed by atoms with van der Waals surface area (Å²) in [6.07, 6.45) is -7.24. The molecule has 0 N–H and O–H groups in total. The van der Waals surface area contributed by atoms with Crippen LogP contribution in [-0.4, -0.2) is 41.5 Å². The summed E-state index contributed by atoms with van der Waals surface area (Å²) in [7, 11) is 0. The van der Waals surface area contributed by atoms with E-state index in [1.54, 1.807) is 0 Å². The Bertz CT molecular complexity index is 535. The molecule has 26 heavy (non-hydrogen) atoms. The molecule has 0 spiro atoms. The Balaban J connectivity index is 2.19. The van der Waals surface area contributed by atoms with Crippen LogP contribution < -0.4 is 0 Å². The summed E-state index contributed by atoms with van der Waals surface area (Å²) >= 11 is 0. The number of carbonyl (C=O) groups is 2. The average molecular weight is 379 g/mol. The number of nitrogens with zero attached hydrogens (tertiary/aromatic N) is 1. The Hall–Kier alpha value is -1.47. The van der Waals surface area contributed by atoms with Crippen LogP contribution in [0.1, 0.15) is 53.9 Å². The Labute approximate surface area is 152 Å². The Morgan fingerprint density at radius 3 is 2.31 bits per heavy atom. The summed E-state index contributed by atoms with van der Waals surface area (Å²) in [6, 6.07) is -1.42. The fourth-order valence-corrected chi connectivity index (χ4v) is 4.03. The predicted octanol–water partition coefficient (Wildman–Crippen LogP) is 4.99. The number of hydrogen-bond donors (Lipinski definition) is 0. The first-order valence-corrected chi connectivity index (χ1v) is 9.20. The molecule has 0 aromatic rings. The molecule has 0 radical (unpaired) electrons. The van der Waals surface area contributed by atoms with Crippen LogP contribution in [0.2, 0.25) is 0 Å². The maximum atomic E-state index is 13.2. The van der Waals surface area contributed by atoms with Crippen molar-refractivity contribution in [1.29, 1.82) is 0 Å². The Kier molecular flexibility index (Phi) is 6.13. The van der Waals surface area contributed by atoms with E-state index >= 15 is 0 Å². The fraction of sp³-hybridized carbons (Fsp3) is 0.889. The van der Waals surface area contributed by atoms with Gasteiger partial charge in [0.05, 0.1) is 6.04 Å². The molecule has 1 aliphatic heterocycles. The van der Waals surface area contributed by atoms with Crippen LogP contribution >= 0.6 is 0 Å². The van der Waals surface area contributed by atoms with E-state index in [4.69, 9.17) is 4.74 Å². The highest BCUT2D eigenvalue weighted by atomic mass is 19.4. The van der Waals surface area contributed by atoms with Gasteiger partial charge >= 0.3 is 18.4 Å². The predicted molar refractivity (Wildman–Crippen MR) is 88.4 cm³/mol. The number of cyclic esters (lactones) is 1.